The molecule has 4 fully saturated rings. The summed E-state index contributed by atoms with van der Waals surface area (Å²) >= 11 is 0. The summed E-state index contributed by atoms with van der Waals surface area (Å²) in [6, 6.07) is 0. The van der Waals surface area contributed by atoms with Crippen LogP contribution < -0.4 is 0 Å². The molecule has 0 aromatic heterocycles. The van der Waals surface area contributed by atoms with E-state index >= 15 is 0 Å². The minimum absolute atomic E-state index is 0.256. The van der Waals surface area contributed by atoms with E-state index in [4.69, 9.17) is 14.2 Å². The van der Waals surface area contributed by atoms with Gasteiger partial charge in [0.15, 0.2) is 0 Å². The lowest BCUT2D eigenvalue weighted by Crippen LogP contribution is -2.35. The van der Waals surface area contributed by atoms with Gasteiger partial charge in [-0.2, -0.15) is 0 Å². The standard InChI is InChI=1S/C10H20O.C10H20.C9H18O2.C9H18/c1-8(2)9-6-4-5-7-10(9)11-3;1-9(2)10(3)7-5-4-6-8-10;1-8(2)4-9(3)5-10-7-11-6-9;1-8(2)9(3)6-4-5-7-9/h8-10H,4-7H2,1-3H3;9H,4-8H2,1-3H3;8H,4-7H2,1-3H3;8H,4-7H2,1-3H3. The SMILES string of the molecule is CC(C)C1(C)CCCC1.CC(C)C1(C)CCCCC1.CC(C)CC1(C)COCOC1.COC1CCCCC1C(C)C. The molecule has 3 saturated carbocycles. The van der Waals surface area contributed by atoms with E-state index in [1.54, 1.807) is 0 Å². The Bertz CT molecular complexity index is 634. The summed E-state index contributed by atoms with van der Waals surface area (Å²) in [5.41, 5.74) is 1.63. The van der Waals surface area contributed by atoms with Crippen LogP contribution in [0.15, 0.2) is 0 Å². The maximum Gasteiger partial charge on any atom is 0.146 e. The summed E-state index contributed by atoms with van der Waals surface area (Å²) in [6.45, 7) is 27.8. The largest absolute Gasteiger partial charge is 0.381 e. The van der Waals surface area contributed by atoms with E-state index in [-0.39, 0.29) is 5.41 Å². The first-order valence-corrected chi connectivity index (χ1v) is 17.9. The molecule has 1 heterocycles. The average Bonchev–Trinajstić information content (AvgIpc) is 3.38. The van der Waals surface area contributed by atoms with Gasteiger partial charge in [0.25, 0.3) is 0 Å². The molecule has 3 aliphatic carbocycles. The van der Waals surface area contributed by atoms with Crippen molar-refractivity contribution in [2.75, 3.05) is 27.1 Å². The first-order chi connectivity index (χ1) is 19.2. The Kier molecular flexibility index (Phi) is 18.3. The molecular weight excluding hydrogens is 504 g/mol. The molecule has 0 amide bonds. The van der Waals surface area contributed by atoms with Crippen molar-refractivity contribution in [2.45, 2.75) is 172 Å². The van der Waals surface area contributed by atoms with Gasteiger partial charge in [0.2, 0.25) is 0 Å². The van der Waals surface area contributed by atoms with Crippen LogP contribution in [0.25, 0.3) is 0 Å². The van der Waals surface area contributed by atoms with Crippen molar-refractivity contribution in [2.24, 2.45) is 45.8 Å². The monoisotopic (exact) mass is 581 g/mol. The topological polar surface area (TPSA) is 27.7 Å². The Morgan fingerprint density at radius 2 is 1.07 bits per heavy atom. The fraction of sp³-hybridized carbons (Fsp3) is 1.00. The molecule has 1 saturated heterocycles. The van der Waals surface area contributed by atoms with Crippen molar-refractivity contribution in [3.63, 3.8) is 0 Å². The second-order valence-electron chi connectivity index (χ2n) is 16.6. The zero-order valence-corrected chi connectivity index (χ0v) is 30.2. The second kappa shape index (κ2) is 19.3. The maximum absolute atomic E-state index is 5.47. The lowest BCUT2D eigenvalue weighted by molar-refractivity contribution is -0.163. The third-order valence-corrected chi connectivity index (χ3v) is 11.4. The number of ether oxygens (including phenoxy) is 3. The minimum Gasteiger partial charge on any atom is -0.381 e. The van der Waals surface area contributed by atoms with Gasteiger partial charge in [-0.1, -0.05) is 121 Å². The molecule has 41 heavy (non-hydrogen) atoms. The number of rotatable bonds is 6. The van der Waals surface area contributed by atoms with Crippen LogP contribution in [0.4, 0.5) is 0 Å². The van der Waals surface area contributed by atoms with Crippen molar-refractivity contribution in [1.82, 2.24) is 0 Å². The molecule has 2 unspecified atom stereocenters. The van der Waals surface area contributed by atoms with Crippen molar-refractivity contribution >= 4 is 0 Å². The van der Waals surface area contributed by atoms with E-state index in [0.717, 1.165) is 42.8 Å². The molecule has 1 aliphatic heterocycles. The Balaban J connectivity index is 0.000000274. The molecule has 3 heteroatoms. The van der Waals surface area contributed by atoms with E-state index in [0.29, 0.717) is 23.7 Å². The van der Waals surface area contributed by atoms with Gasteiger partial charge in [0.05, 0.1) is 19.3 Å². The maximum atomic E-state index is 5.47. The molecular formula is C38H76O3. The van der Waals surface area contributed by atoms with Crippen LogP contribution in [0.1, 0.15) is 166 Å². The highest BCUT2D eigenvalue weighted by Crippen LogP contribution is 2.43. The molecule has 2 atom stereocenters. The van der Waals surface area contributed by atoms with Gasteiger partial charge in [-0.3, -0.25) is 0 Å². The second-order valence-corrected chi connectivity index (χ2v) is 16.6. The Hall–Kier alpha value is -0.120. The number of hydrogen-bond donors (Lipinski definition) is 0. The minimum atomic E-state index is 0.256. The average molecular weight is 581 g/mol. The predicted molar refractivity (Wildman–Crippen MR) is 179 cm³/mol. The molecule has 0 aromatic rings. The summed E-state index contributed by atoms with van der Waals surface area (Å²) in [4.78, 5) is 0. The quantitative estimate of drug-likeness (QED) is 0.313. The number of hydrogen-bond acceptors (Lipinski definition) is 3. The molecule has 0 radical (unpaired) electrons. The molecule has 0 spiro atoms. The fourth-order valence-electron chi connectivity index (χ4n) is 7.66. The summed E-state index contributed by atoms with van der Waals surface area (Å²) < 4.78 is 16.0. The Morgan fingerprint density at radius 3 is 1.41 bits per heavy atom. The molecule has 0 aromatic carbocycles. The molecule has 0 bridgehead atoms. The van der Waals surface area contributed by atoms with Crippen LogP contribution in [0.3, 0.4) is 0 Å². The molecule has 4 aliphatic rings. The van der Waals surface area contributed by atoms with E-state index in [9.17, 15) is 0 Å². The van der Waals surface area contributed by atoms with E-state index in [1.165, 1.54) is 89.9 Å². The van der Waals surface area contributed by atoms with Crippen molar-refractivity contribution in [3.8, 4) is 0 Å². The van der Waals surface area contributed by atoms with E-state index in [1.807, 2.05) is 7.11 Å². The van der Waals surface area contributed by atoms with Gasteiger partial charge in [0.1, 0.15) is 6.79 Å². The first-order valence-electron chi connectivity index (χ1n) is 17.9. The summed E-state index contributed by atoms with van der Waals surface area (Å²) in [7, 11) is 1.85. The highest BCUT2D eigenvalue weighted by molar-refractivity contribution is 4.83. The van der Waals surface area contributed by atoms with E-state index < -0.39 is 0 Å². The zero-order valence-electron chi connectivity index (χ0n) is 30.2. The van der Waals surface area contributed by atoms with Crippen LogP contribution in [-0.2, 0) is 14.2 Å². The van der Waals surface area contributed by atoms with Crippen molar-refractivity contribution in [1.29, 1.82) is 0 Å². The molecule has 4 rings (SSSR count). The van der Waals surface area contributed by atoms with Gasteiger partial charge < -0.3 is 14.2 Å². The smallest absolute Gasteiger partial charge is 0.146 e. The highest BCUT2D eigenvalue weighted by atomic mass is 16.7. The van der Waals surface area contributed by atoms with Crippen LogP contribution in [-0.4, -0.2) is 33.2 Å². The lowest BCUT2D eigenvalue weighted by atomic mass is 9.69. The van der Waals surface area contributed by atoms with Crippen molar-refractivity contribution < 1.29 is 14.2 Å². The van der Waals surface area contributed by atoms with Crippen LogP contribution in [0.5, 0.6) is 0 Å². The van der Waals surface area contributed by atoms with Gasteiger partial charge in [-0.25, -0.2) is 0 Å². The summed E-state index contributed by atoms with van der Waals surface area (Å²) in [5, 5.41) is 0. The highest BCUT2D eigenvalue weighted by Gasteiger charge is 2.32. The summed E-state index contributed by atoms with van der Waals surface area (Å²) in [5.74, 6) is 4.10. The summed E-state index contributed by atoms with van der Waals surface area (Å²) in [6.07, 6.45) is 20.3. The Morgan fingerprint density at radius 1 is 0.634 bits per heavy atom. The zero-order chi connectivity index (χ0) is 31.1. The lowest BCUT2D eigenvalue weighted by Gasteiger charge is -2.37. The van der Waals surface area contributed by atoms with Crippen LogP contribution >= 0.6 is 0 Å². The molecule has 0 N–H and O–H groups in total. The fourth-order valence-corrected chi connectivity index (χ4v) is 7.66. The Labute approximate surface area is 259 Å². The van der Waals surface area contributed by atoms with Crippen LogP contribution in [0.2, 0.25) is 0 Å². The normalized spacial score (nSPS) is 26.9. The van der Waals surface area contributed by atoms with Crippen LogP contribution in [0, 0.1) is 45.8 Å². The first kappa shape index (κ1) is 38.9. The van der Waals surface area contributed by atoms with Gasteiger partial charge in [0, 0.05) is 12.5 Å². The van der Waals surface area contributed by atoms with Gasteiger partial charge in [-0.15, -0.1) is 0 Å². The van der Waals surface area contributed by atoms with Gasteiger partial charge >= 0.3 is 0 Å². The van der Waals surface area contributed by atoms with Gasteiger partial charge in [-0.05, 0) is 85.4 Å². The third-order valence-electron chi connectivity index (χ3n) is 11.4. The molecule has 246 valence electrons. The van der Waals surface area contributed by atoms with E-state index in [2.05, 4.69) is 76.2 Å². The number of methoxy groups -OCH3 is 1. The predicted octanol–water partition coefficient (Wildman–Crippen LogP) is 11.7. The molecule has 3 nitrogen and oxygen atoms in total. The van der Waals surface area contributed by atoms with Crippen molar-refractivity contribution in [3.05, 3.63) is 0 Å². The third kappa shape index (κ3) is 14.5.